The van der Waals surface area contributed by atoms with Crippen molar-refractivity contribution in [1.29, 1.82) is 0 Å². The van der Waals surface area contributed by atoms with Gasteiger partial charge in [0.15, 0.2) is 0 Å². The second-order valence-corrected chi connectivity index (χ2v) is 9.67. The molecule has 1 amide bonds. The Labute approximate surface area is 170 Å². The van der Waals surface area contributed by atoms with Crippen molar-refractivity contribution in [3.05, 3.63) is 46.7 Å². The van der Waals surface area contributed by atoms with Gasteiger partial charge in [0.2, 0.25) is 15.9 Å². The summed E-state index contributed by atoms with van der Waals surface area (Å²) < 4.78 is 32.5. The third-order valence-electron chi connectivity index (χ3n) is 4.85. The first-order valence-electron chi connectivity index (χ1n) is 9.54. The van der Waals surface area contributed by atoms with Crippen molar-refractivity contribution < 1.29 is 17.9 Å². The van der Waals surface area contributed by atoms with E-state index in [2.05, 4.69) is 11.4 Å². The van der Waals surface area contributed by atoms with Crippen LogP contribution in [0.15, 0.2) is 46.7 Å². The number of rotatable bonds is 8. The fourth-order valence-electron chi connectivity index (χ4n) is 3.29. The summed E-state index contributed by atoms with van der Waals surface area (Å²) in [6, 6.07) is 10.5. The lowest BCUT2D eigenvalue weighted by Gasteiger charge is -2.30. The van der Waals surface area contributed by atoms with E-state index in [-0.39, 0.29) is 16.7 Å². The molecule has 0 spiro atoms. The molecule has 0 atom stereocenters. The van der Waals surface area contributed by atoms with Crippen LogP contribution in [0.1, 0.15) is 24.6 Å². The zero-order valence-electron chi connectivity index (χ0n) is 16.0. The Balaban J connectivity index is 1.50. The number of ether oxygens (including phenoxy) is 1. The summed E-state index contributed by atoms with van der Waals surface area (Å²) in [5.74, 6) is 0.546. The van der Waals surface area contributed by atoms with Crippen molar-refractivity contribution in [3.8, 4) is 5.75 Å². The number of nitrogens with zero attached hydrogens (tertiary/aromatic N) is 1. The standard InChI is InChI=1S/C20H26N2O4S2/c1-2-26-17-5-7-19(8-6-17)28(24,25)22-13-10-16(11-14-22)20(23)21-12-9-18-4-3-15-27-18/h3-8,15-16H,2,9-14H2,1H3,(H,21,23). The molecule has 0 saturated carbocycles. The smallest absolute Gasteiger partial charge is 0.243 e. The van der Waals surface area contributed by atoms with Gasteiger partial charge in [-0.25, -0.2) is 8.42 Å². The predicted octanol–water partition coefficient (Wildman–Crippen LogP) is 2.91. The number of hydrogen-bond acceptors (Lipinski definition) is 5. The van der Waals surface area contributed by atoms with E-state index in [9.17, 15) is 13.2 Å². The van der Waals surface area contributed by atoms with E-state index >= 15 is 0 Å². The van der Waals surface area contributed by atoms with E-state index in [0.717, 1.165) is 6.42 Å². The molecular formula is C20H26N2O4S2. The quantitative estimate of drug-likeness (QED) is 0.710. The average Bonchev–Trinajstić information content (AvgIpc) is 3.22. The highest BCUT2D eigenvalue weighted by Gasteiger charge is 2.32. The van der Waals surface area contributed by atoms with Crippen LogP contribution in [0.25, 0.3) is 0 Å². The molecule has 3 rings (SSSR count). The van der Waals surface area contributed by atoms with Gasteiger partial charge < -0.3 is 10.1 Å². The van der Waals surface area contributed by atoms with E-state index in [0.29, 0.717) is 44.8 Å². The lowest BCUT2D eigenvalue weighted by Crippen LogP contribution is -2.43. The van der Waals surface area contributed by atoms with Gasteiger partial charge in [-0.05, 0) is 61.9 Å². The molecule has 152 valence electrons. The number of carbonyl (C=O) groups excluding carboxylic acids is 1. The average molecular weight is 423 g/mol. The highest BCUT2D eigenvalue weighted by molar-refractivity contribution is 7.89. The first-order valence-corrected chi connectivity index (χ1v) is 11.9. The number of sulfonamides is 1. The predicted molar refractivity (Wildman–Crippen MR) is 110 cm³/mol. The second kappa shape index (κ2) is 9.54. The molecule has 1 aliphatic heterocycles. The number of amides is 1. The van der Waals surface area contributed by atoms with E-state index in [1.807, 2.05) is 18.4 Å². The number of hydrogen-bond donors (Lipinski definition) is 1. The van der Waals surface area contributed by atoms with Crippen LogP contribution >= 0.6 is 11.3 Å². The lowest BCUT2D eigenvalue weighted by molar-refractivity contribution is -0.126. The van der Waals surface area contributed by atoms with Crippen molar-refractivity contribution in [3.63, 3.8) is 0 Å². The molecule has 1 aromatic carbocycles. The zero-order chi connectivity index (χ0) is 20.0. The Morgan fingerprint density at radius 2 is 1.93 bits per heavy atom. The Kier molecular flexibility index (Phi) is 7.09. The van der Waals surface area contributed by atoms with Gasteiger partial charge in [-0.1, -0.05) is 6.07 Å². The monoisotopic (exact) mass is 422 g/mol. The van der Waals surface area contributed by atoms with Gasteiger partial charge in [0, 0.05) is 30.4 Å². The maximum atomic E-state index is 12.8. The molecule has 8 heteroatoms. The number of benzene rings is 1. The maximum absolute atomic E-state index is 12.8. The molecule has 0 radical (unpaired) electrons. The van der Waals surface area contributed by atoms with Crippen LogP contribution in [0, 0.1) is 5.92 Å². The third-order valence-corrected chi connectivity index (χ3v) is 7.70. The van der Waals surface area contributed by atoms with E-state index in [4.69, 9.17) is 4.74 Å². The highest BCUT2D eigenvalue weighted by atomic mass is 32.2. The van der Waals surface area contributed by atoms with Crippen molar-refractivity contribution in [1.82, 2.24) is 9.62 Å². The van der Waals surface area contributed by atoms with E-state index in [1.165, 1.54) is 9.18 Å². The van der Waals surface area contributed by atoms with Crippen LogP contribution in [0.2, 0.25) is 0 Å². The summed E-state index contributed by atoms with van der Waals surface area (Å²) in [7, 11) is -3.54. The molecular weight excluding hydrogens is 396 g/mol. The molecule has 1 aromatic heterocycles. The van der Waals surface area contributed by atoms with Crippen LogP contribution in [-0.4, -0.2) is 44.9 Å². The van der Waals surface area contributed by atoms with Crippen LogP contribution in [-0.2, 0) is 21.2 Å². The van der Waals surface area contributed by atoms with Crippen molar-refractivity contribution in [2.24, 2.45) is 5.92 Å². The highest BCUT2D eigenvalue weighted by Crippen LogP contribution is 2.25. The van der Waals surface area contributed by atoms with Crippen molar-refractivity contribution in [2.75, 3.05) is 26.2 Å². The molecule has 0 aliphatic carbocycles. The van der Waals surface area contributed by atoms with Gasteiger partial charge in [-0.15, -0.1) is 11.3 Å². The van der Waals surface area contributed by atoms with Crippen molar-refractivity contribution in [2.45, 2.75) is 31.1 Å². The topological polar surface area (TPSA) is 75.7 Å². The molecule has 0 bridgehead atoms. The van der Waals surface area contributed by atoms with Crippen molar-refractivity contribution >= 4 is 27.3 Å². The number of piperidine rings is 1. The molecule has 6 nitrogen and oxygen atoms in total. The fourth-order valence-corrected chi connectivity index (χ4v) is 5.47. The van der Waals surface area contributed by atoms with Gasteiger partial charge in [0.05, 0.1) is 11.5 Å². The number of carbonyl (C=O) groups is 1. The molecule has 1 saturated heterocycles. The lowest BCUT2D eigenvalue weighted by atomic mass is 9.97. The Bertz CT molecular complexity index is 856. The van der Waals surface area contributed by atoms with Gasteiger partial charge in [0.1, 0.15) is 5.75 Å². The number of nitrogens with one attached hydrogen (secondary N) is 1. The van der Waals surface area contributed by atoms with Crippen LogP contribution in [0.4, 0.5) is 0 Å². The number of thiophene rings is 1. The summed E-state index contributed by atoms with van der Waals surface area (Å²) in [5.41, 5.74) is 0. The zero-order valence-corrected chi connectivity index (χ0v) is 17.6. The molecule has 2 heterocycles. The molecule has 0 unspecified atom stereocenters. The minimum Gasteiger partial charge on any atom is -0.494 e. The Hall–Kier alpha value is -1.90. The summed E-state index contributed by atoms with van der Waals surface area (Å²) in [6.45, 7) is 3.75. The van der Waals surface area contributed by atoms with Gasteiger partial charge in [0.25, 0.3) is 0 Å². The first-order chi connectivity index (χ1) is 13.5. The molecule has 1 aliphatic rings. The van der Waals surface area contributed by atoms with Gasteiger partial charge in [-0.2, -0.15) is 4.31 Å². The first kappa shape index (κ1) is 20.8. The van der Waals surface area contributed by atoms with Crippen LogP contribution in [0.3, 0.4) is 0 Å². The van der Waals surface area contributed by atoms with Crippen LogP contribution in [0.5, 0.6) is 5.75 Å². The van der Waals surface area contributed by atoms with Gasteiger partial charge in [-0.3, -0.25) is 4.79 Å². The van der Waals surface area contributed by atoms with Gasteiger partial charge >= 0.3 is 0 Å². The second-order valence-electron chi connectivity index (χ2n) is 6.70. The molecule has 1 N–H and O–H groups in total. The van der Waals surface area contributed by atoms with Crippen LogP contribution < -0.4 is 10.1 Å². The van der Waals surface area contributed by atoms with E-state index in [1.54, 1.807) is 35.6 Å². The summed E-state index contributed by atoms with van der Waals surface area (Å²) in [6.07, 6.45) is 1.91. The fraction of sp³-hybridized carbons (Fsp3) is 0.450. The maximum Gasteiger partial charge on any atom is 0.243 e. The third kappa shape index (κ3) is 5.12. The van der Waals surface area contributed by atoms with E-state index < -0.39 is 10.0 Å². The Morgan fingerprint density at radius 3 is 2.54 bits per heavy atom. The minimum atomic E-state index is -3.54. The molecule has 1 fully saturated rings. The summed E-state index contributed by atoms with van der Waals surface area (Å²) >= 11 is 1.68. The minimum absolute atomic E-state index is 0.0228. The molecule has 28 heavy (non-hydrogen) atoms. The SMILES string of the molecule is CCOc1ccc(S(=O)(=O)N2CCC(C(=O)NCCc3cccs3)CC2)cc1. The summed E-state index contributed by atoms with van der Waals surface area (Å²) in [4.78, 5) is 13.9. The normalized spacial score (nSPS) is 16.0. The summed E-state index contributed by atoms with van der Waals surface area (Å²) in [5, 5.41) is 5.01. The molecule has 2 aromatic rings. The Morgan fingerprint density at radius 1 is 1.21 bits per heavy atom. The largest absolute Gasteiger partial charge is 0.494 e.